The van der Waals surface area contributed by atoms with Gasteiger partial charge in [0.25, 0.3) is 0 Å². The molecule has 2 amide bonds. The van der Waals surface area contributed by atoms with Crippen LogP contribution in [0, 0.1) is 5.92 Å². The molecule has 1 unspecified atom stereocenters. The number of carboxylic acids is 1. The van der Waals surface area contributed by atoms with Crippen LogP contribution in [-0.4, -0.2) is 61.6 Å². The Balaban J connectivity index is 1.86. The molecule has 1 aromatic rings. The zero-order valence-corrected chi connectivity index (χ0v) is 15.0. The molecule has 26 heavy (non-hydrogen) atoms. The maximum absolute atomic E-state index is 12.1. The SMILES string of the molecule is COc1ccc(CCN2CC(C(=O)NCCC(=O)O)CC2=O)cc1OC. The first-order valence-electron chi connectivity index (χ1n) is 8.42. The van der Waals surface area contributed by atoms with E-state index < -0.39 is 11.9 Å². The highest BCUT2D eigenvalue weighted by Crippen LogP contribution is 2.28. The van der Waals surface area contributed by atoms with Crippen molar-refractivity contribution < 1.29 is 29.0 Å². The molecule has 1 atom stereocenters. The minimum Gasteiger partial charge on any atom is -0.493 e. The number of carbonyl (C=O) groups is 3. The van der Waals surface area contributed by atoms with Gasteiger partial charge in [-0.3, -0.25) is 14.4 Å². The summed E-state index contributed by atoms with van der Waals surface area (Å²) in [5, 5.41) is 11.2. The van der Waals surface area contributed by atoms with Gasteiger partial charge in [-0.2, -0.15) is 0 Å². The highest BCUT2D eigenvalue weighted by molar-refractivity contribution is 5.89. The summed E-state index contributed by atoms with van der Waals surface area (Å²) in [6.45, 7) is 0.933. The van der Waals surface area contributed by atoms with Crippen molar-refractivity contribution in [1.82, 2.24) is 10.2 Å². The number of hydrogen-bond donors (Lipinski definition) is 2. The number of likely N-dealkylation sites (tertiary alicyclic amines) is 1. The molecule has 8 nitrogen and oxygen atoms in total. The number of methoxy groups -OCH3 is 2. The number of nitrogens with zero attached hydrogens (tertiary/aromatic N) is 1. The largest absolute Gasteiger partial charge is 0.493 e. The molecule has 0 saturated carbocycles. The lowest BCUT2D eigenvalue weighted by atomic mass is 10.1. The van der Waals surface area contributed by atoms with E-state index in [0.29, 0.717) is 31.0 Å². The van der Waals surface area contributed by atoms with Gasteiger partial charge in [0.2, 0.25) is 11.8 Å². The van der Waals surface area contributed by atoms with E-state index in [1.807, 2.05) is 18.2 Å². The molecular weight excluding hydrogens is 340 g/mol. The van der Waals surface area contributed by atoms with Crippen LogP contribution in [0.2, 0.25) is 0 Å². The first kappa shape index (κ1) is 19.6. The molecule has 1 heterocycles. The third kappa shape index (κ3) is 5.11. The quantitative estimate of drug-likeness (QED) is 0.668. The van der Waals surface area contributed by atoms with Crippen LogP contribution < -0.4 is 14.8 Å². The molecule has 1 fully saturated rings. The Labute approximate surface area is 152 Å². The van der Waals surface area contributed by atoms with Crippen LogP contribution in [0.25, 0.3) is 0 Å². The van der Waals surface area contributed by atoms with Crippen LogP contribution in [0.5, 0.6) is 11.5 Å². The fourth-order valence-electron chi connectivity index (χ4n) is 2.90. The number of ether oxygens (including phenoxy) is 2. The number of carbonyl (C=O) groups excluding carboxylic acids is 2. The van der Waals surface area contributed by atoms with E-state index >= 15 is 0 Å². The number of carboxylic acid groups (broad SMARTS) is 1. The Morgan fingerprint density at radius 3 is 2.65 bits per heavy atom. The zero-order valence-electron chi connectivity index (χ0n) is 15.0. The lowest BCUT2D eigenvalue weighted by molar-refractivity contribution is -0.137. The Bertz CT molecular complexity index is 676. The van der Waals surface area contributed by atoms with Crippen LogP contribution >= 0.6 is 0 Å². The average molecular weight is 364 g/mol. The smallest absolute Gasteiger partial charge is 0.305 e. The summed E-state index contributed by atoms with van der Waals surface area (Å²) in [4.78, 5) is 36.3. The first-order chi connectivity index (χ1) is 12.4. The normalized spacial score (nSPS) is 16.5. The van der Waals surface area contributed by atoms with Crippen LogP contribution in [0.1, 0.15) is 18.4 Å². The van der Waals surface area contributed by atoms with Gasteiger partial charge in [0.15, 0.2) is 11.5 Å². The number of hydrogen-bond acceptors (Lipinski definition) is 5. The van der Waals surface area contributed by atoms with E-state index in [1.165, 1.54) is 0 Å². The van der Waals surface area contributed by atoms with Crippen LogP contribution in [0.3, 0.4) is 0 Å². The summed E-state index contributed by atoms with van der Waals surface area (Å²) < 4.78 is 10.5. The molecule has 8 heteroatoms. The molecule has 1 aromatic carbocycles. The second kappa shape index (κ2) is 9.07. The Morgan fingerprint density at radius 2 is 2.00 bits per heavy atom. The van der Waals surface area contributed by atoms with E-state index in [9.17, 15) is 14.4 Å². The number of amides is 2. The van der Waals surface area contributed by atoms with Crippen molar-refractivity contribution >= 4 is 17.8 Å². The van der Waals surface area contributed by atoms with Gasteiger partial charge in [-0.25, -0.2) is 0 Å². The summed E-state index contributed by atoms with van der Waals surface area (Å²) in [5.41, 5.74) is 1.00. The summed E-state index contributed by atoms with van der Waals surface area (Å²) in [7, 11) is 3.14. The number of nitrogens with one attached hydrogen (secondary N) is 1. The molecule has 0 aromatic heterocycles. The van der Waals surface area contributed by atoms with E-state index in [-0.39, 0.29) is 31.2 Å². The summed E-state index contributed by atoms with van der Waals surface area (Å²) in [6.07, 6.45) is 0.666. The lowest BCUT2D eigenvalue weighted by Crippen LogP contribution is -2.34. The molecule has 0 bridgehead atoms. The summed E-state index contributed by atoms with van der Waals surface area (Å²) in [5.74, 6) is -0.455. The molecule has 1 aliphatic heterocycles. The van der Waals surface area contributed by atoms with Crippen molar-refractivity contribution in [2.75, 3.05) is 33.9 Å². The maximum Gasteiger partial charge on any atom is 0.305 e. The molecule has 1 saturated heterocycles. The van der Waals surface area contributed by atoms with E-state index in [1.54, 1.807) is 19.1 Å². The second-order valence-electron chi connectivity index (χ2n) is 6.11. The number of rotatable bonds is 9. The Kier molecular flexibility index (Phi) is 6.82. The predicted molar refractivity (Wildman–Crippen MR) is 93.2 cm³/mol. The van der Waals surface area contributed by atoms with Crippen molar-refractivity contribution in [2.24, 2.45) is 5.92 Å². The molecule has 2 rings (SSSR count). The van der Waals surface area contributed by atoms with Crippen LogP contribution in [-0.2, 0) is 20.8 Å². The third-order valence-electron chi connectivity index (χ3n) is 4.34. The van der Waals surface area contributed by atoms with E-state index in [2.05, 4.69) is 5.32 Å². The minimum absolute atomic E-state index is 0.0659. The summed E-state index contributed by atoms with van der Waals surface area (Å²) >= 11 is 0. The first-order valence-corrected chi connectivity index (χ1v) is 8.42. The third-order valence-corrected chi connectivity index (χ3v) is 4.34. The highest BCUT2D eigenvalue weighted by Gasteiger charge is 2.33. The molecule has 1 aliphatic rings. The number of benzene rings is 1. The van der Waals surface area contributed by atoms with Gasteiger partial charge in [-0.1, -0.05) is 6.07 Å². The van der Waals surface area contributed by atoms with Gasteiger partial charge in [-0.05, 0) is 24.1 Å². The van der Waals surface area contributed by atoms with Crippen molar-refractivity contribution in [3.63, 3.8) is 0 Å². The van der Waals surface area contributed by atoms with Gasteiger partial charge in [0.1, 0.15) is 0 Å². The predicted octanol–water partition coefficient (Wildman–Crippen LogP) is 0.686. The monoisotopic (exact) mass is 364 g/mol. The van der Waals surface area contributed by atoms with Gasteiger partial charge < -0.3 is 24.8 Å². The molecule has 0 radical (unpaired) electrons. The van der Waals surface area contributed by atoms with Crippen molar-refractivity contribution in [1.29, 1.82) is 0 Å². The fourth-order valence-corrected chi connectivity index (χ4v) is 2.90. The van der Waals surface area contributed by atoms with Crippen LogP contribution in [0.15, 0.2) is 18.2 Å². The van der Waals surface area contributed by atoms with Crippen molar-refractivity contribution in [3.05, 3.63) is 23.8 Å². The summed E-state index contributed by atoms with van der Waals surface area (Å²) in [6, 6.07) is 5.60. The average Bonchev–Trinajstić information content (AvgIpc) is 3.00. The van der Waals surface area contributed by atoms with Gasteiger partial charge >= 0.3 is 5.97 Å². The highest BCUT2D eigenvalue weighted by atomic mass is 16.5. The Morgan fingerprint density at radius 1 is 1.27 bits per heavy atom. The lowest BCUT2D eigenvalue weighted by Gasteiger charge is -2.17. The zero-order chi connectivity index (χ0) is 19.1. The molecule has 142 valence electrons. The fraction of sp³-hybridized carbons (Fsp3) is 0.500. The van der Waals surface area contributed by atoms with Crippen molar-refractivity contribution in [3.8, 4) is 11.5 Å². The standard InChI is InChI=1S/C18H24N2O6/c1-25-14-4-3-12(9-15(14)26-2)6-8-20-11-13(10-16(20)21)18(24)19-7-5-17(22)23/h3-4,9,13H,5-8,10-11H2,1-2H3,(H,19,24)(H,22,23). The van der Waals surface area contributed by atoms with Gasteiger partial charge in [0, 0.05) is 26.1 Å². The van der Waals surface area contributed by atoms with Crippen LogP contribution in [0.4, 0.5) is 0 Å². The Hall–Kier alpha value is -2.77. The van der Waals surface area contributed by atoms with Crippen molar-refractivity contribution in [2.45, 2.75) is 19.3 Å². The van der Waals surface area contributed by atoms with E-state index in [4.69, 9.17) is 14.6 Å². The van der Waals surface area contributed by atoms with E-state index in [0.717, 1.165) is 5.56 Å². The minimum atomic E-state index is -0.968. The molecular formula is C18H24N2O6. The second-order valence-corrected chi connectivity index (χ2v) is 6.11. The van der Waals surface area contributed by atoms with Gasteiger partial charge in [0.05, 0.1) is 26.6 Å². The number of aliphatic carboxylic acids is 1. The molecule has 0 spiro atoms. The van der Waals surface area contributed by atoms with Gasteiger partial charge in [-0.15, -0.1) is 0 Å². The topological polar surface area (TPSA) is 105 Å². The molecule has 0 aliphatic carbocycles. The molecule has 2 N–H and O–H groups in total. The maximum atomic E-state index is 12.1.